The molecule has 0 radical (unpaired) electrons. The first-order chi connectivity index (χ1) is 10.1. The van der Waals surface area contributed by atoms with Gasteiger partial charge in [-0.3, -0.25) is 4.90 Å². The molecule has 1 aromatic heterocycles. The predicted octanol–water partition coefficient (Wildman–Crippen LogP) is 4.00. The predicted molar refractivity (Wildman–Crippen MR) is 83.6 cm³/mol. The molecule has 4 heteroatoms. The number of nitrogens with zero attached hydrogens (tertiary/aromatic N) is 1. The van der Waals surface area contributed by atoms with Gasteiger partial charge >= 0.3 is 5.97 Å². The fourth-order valence-electron chi connectivity index (χ4n) is 2.52. The van der Waals surface area contributed by atoms with Gasteiger partial charge < -0.3 is 9.52 Å². The lowest BCUT2D eigenvalue weighted by Crippen LogP contribution is -2.28. The van der Waals surface area contributed by atoms with Crippen LogP contribution in [0.1, 0.15) is 43.3 Å². The van der Waals surface area contributed by atoms with E-state index in [0.29, 0.717) is 34.8 Å². The second kappa shape index (κ2) is 6.76. The summed E-state index contributed by atoms with van der Waals surface area (Å²) in [5.41, 5.74) is 0.942. The minimum atomic E-state index is -0.922. The van der Waals surface area contributed by atoms with Crippen molar-refractivity contribution in [1.29, 1.82) is 0 Å². The Bertz CT molecular complexity index is 618. The lowest BCUT2D eigenvalue weighted by molar-refractivity contribution is 0.0694. The summed E-state index contributed by atoms with van der Waals surface area (Å²) in [6.45, 7) is 8.83. The molecule has 1 N–H and O–H groups in total. The number of para-hydroxylation sites is 1. The Morgan fingerprint density at radius 2 is 2.05 bits per heavy atom. The highest BCUT2D eigenvalue weighted by atomic mass is 16.4. The number of carboxylic acid groups (broad SMARTS) is 1. The fraction of sp³-hybridized carbons (Fsp3) is 0.471. The van der Waals surface area contributed by atoms with Crippen LogP contribution in [0.25, 0.3) is 11.0 Å². The third-order valence-corrected chi connectivity index (χ3v) is 3.96. The van der Waals surface area contributed by atoms with Crippen LogP contribution in [0.4, 0.5) is 0 Å². The van der Waals surface area contributed by atoms with Gasteiger partial charge in [0.15, 0.2) is 0 Å². The van der Waals surface area contributed by atoms with E-state index in [-0.39, 0.29) is 0 Å². The first-order valence-corrected chi connectivity index (χ1v) is 7.52. The topological polar surface area (TPSA) is 53.7 Å². The van der Waals surface area contributed by atoms with Gasteiger partial charge in [-0.15, -0.1) is 0 Å². The largest absolute Gasteiger partial charge is 0.478 e. The summed E-state index contributed by atoms with van der Waals surface area (Å²) in [7, 11) is 0. The second-order valence-electron chi connectivity index (χ2n) is 5.54. The number of hydrogen-bond donors (Lipinski definition) is 1. The number of rotatable bonds is 7. The molecule has 0 aliphatic heterocycles. The zero-order valence-corrected chi connectivity index (χ0v) is 12.9. The summed E-state index contributed by atoms with van der Waals surface area (Å²) in [5, 5.41) is 10.2. The van der Waals surface area contributed by atoms with Crippen LogP contribution in [0.5, 0.6) is 0 Å². The van der Waals surface area contributed by atoms with Crippen LogP contribution in [0.15, 0.2) is 28.7 Å². The highest BCUT2D eigenvalue weighted by Gasteiger charge is 2.21. The molecule has 114 valence electrons. The number of fused-ring (bicyclic) bond motifs is 1. The third kappa shape index (κ3) is 3.45. The molecule has 1 atom stereocenters. The molecule has 0 saturated carbocycles. The molecule has 1 unspecified atom stereocenters. The van der Waals surface area contributed by atoms with Gasteiger partial charge in [0.1, 0.15) is 16.9 Å². The van der Waals surface area contributed by atoms with E-state index in [4.69, 9.17) is 4.42 Å². The lowest BCUT2D eigenvalue weighted by Gasteiger charge is -2.22. The number of carboxylic acids is 1. The van der Waals surface area contributed by atoms with E-state index in [9.17, 15) is 9.90 Å². The summed E-state index contributed by atoms with van der Waals surface area (Å²) < 4.78 is 5.79. The van der Waals surface area contributed by atoms with Gasteiger partial charge in [0.2, 0.25) is 0 Å². The van der Waals surface area contributed by atoms with Crippen molar-refractivity contribution < 1.29 is 14.3 Å². The fourth-order valence-corrected chi connectivity index (χ4v) is 2.52. The average molecular weight is 289 g/mol. The quantitative estimate of drug-likeness (QED) is 0.837. The van der Waals surface area contributed by atoms with E-state index < -0.39 is 5.97 Å². The molecule has 0 aliphatic rings. The Labute approximate surface area is 125 Å². The average Bonchev–Trinajstić information content (AvgIpc) is 2.84. The van der Waals surface area contributed by atoms with Gasteiger partial charge in [-0.05, 0) is 18.5 Å². The molecule has 4 nitrogen and oxygen atoms in total. The monoisotopic (exact) mass is 289 g/mol. The molecule has 2 rings (SSSR count). The lowest BCUT2D eigenvalue weighted by atomic mass is 10.1. The molecule has 21 heavy (non-hydrogen) atoms. The maximum absolute atomic E-state index is 11.6. The maximum Gasteiger partial charge on any atom is 0.339 e. The summed E-state index contributed by atoms with van der Waals surface area (Å²) in [6.07, 6.45) is 1.11. The Morgan fingerprint density at radius 1 is 1.33 bits per heavy atom. The van der Waals surface area contributed by atoms with Gasteiger partial charge in [-0.25, -0.2) is 4.79 Å². The minimum Gasteiger partial charge on any atom is -0.478 e. The van der Waals surface area contributed by atoms with E-state index in [1.54, 1.807) is 6.07 Å². The standard InChI is InChI=1S/C17H23NO3/c1-4-12(3)10-18(5-2)11-15-16(17(19)20)13-8-6-7-9-14(13)21-15/h6-9,12H,4-5,10-11H2,1-3H3,(H,19,20). The van der Waals surface area contributed by atoms with Crippen molar-refractivity contribution in [3.8, 4) is 0 Å². The van der Waals surface area contributed by atoms with Crippen molar-refractivity contribution in [2.75, 3.05) is 13.1 Å². The van der Waals surface area contributed by atoms with Crippen molar-refractivity contribution >= 4 is 16.9 Å². The molecular weight excluding hydrogens is 266 g/mol. The summed E-state index contributed by atoms with van der Waals surface area (Å²) in [4.78, 5) is 13.8. The van der Waals surface area contributed by atoms with Gasteiger partial charge in [0.05, 0.1) is 6.54 Å². The molecule has 0 fully saturated rings. The van der Waals surface area contributed by atoms with Gasteiger partial charge in [-0.1, -0.05) is 45.4 Å². The van der Waals surface area contributed by atoms with Crippen LogP contribution in [-0.4, -0.2) is 29.1 Å². The van der Waals surface area contributed by atoms with Gasteiger partial charge in [0.25, 0.3) is 0 Å². The minimum absolute atomic E-state index is 0.299. The van der Waals surface area contributed by atoms with Gasteiger partial charge in [0, 0.05) is 11.9 Å². The maximum atomic E-state index is 11.6. The van der Waals surface area contributed by atoms with E-state index in [0.717, 1.165) is 19.5 Å². The number of carbonyl (C=O) groups is 1. The van der Waals surface area contributed by atoms with Crippen LogP contribution >= 0.6 is 0 Å². The molecule has 0 bridgehead atoms. The van der Waals surface area contributed by atoms with E-state index >= 15 is 0 Å². The molecule has 2 aromatic rings. The number of furan rings is 1. The second-order valence-corrected chi connectivity index (χ2v) is 5.54. The third-order valence-electron chi connectivity index (χ3n) is 3.96. The van der Waals surface area contributed by atoms with Crippen molar-refractivity contribution in [2.24, 2.45) is 5.92 Å². The summed E-state index contributed by atoms with van der Waals surface area (Å²) in [5.74, 6) is 0.214. The smallest absolute Gasteiger partial charge is 0.339 e. The number of benzene rings is 1. The van der Waals surface area contributed by atoms with E-state index in [1.807, 2.05) is 18.2 Å². The van der Waals surface area contributed by atoms with Crippen LogP contribution < -0.4 is 0 Å². The van der Waals surface area contributed by atoms with Crippen LogP contribution in [0, 0.1) is 5.92 Å². The summed E-state index contributed by atoms with van der Waals surface area (Å²) >= 11 is 0. The molecule has 0 amide bonds. The Kier molecular flexibility index (Phi) is 5.02. The molecule has 1 heterocycles. The van der Waals surface area contributed by atoms with Crippen molar-refractivity contribution in [2.45, 2.75) is 33.7 Å². The van der Waals surface area contributed by atoms with Crippen LogP contribution in [0.3, 0.4) is 0 Å². The molecule has 0 spiro atoms. The van der Waals surface area contributed by atoms with Crippen LogP contribution in [0.2, 0.25) is 0 Å². The van der Waals surface area contributed by atoms with Crippen LogP contribution in [-0.2, 0) is 6.54 Å². The van der Waals surface area contributed by atoms with Crippen molar-refractivity contribution in [3.63, 3.8) is 0 Å². The van der Waals surface area contributed by atoms with E-state index in [2.05, 4.69) is 25.7 Å². The SMILES string of the molecule is CCC(C)CN(CC)Cc1oc2ccccc2c1C(=O)O. The normalized spacial score (nSPS) is 13.0. The molecule has 0 aliphatic carbocycles. The molecular formula is C17H23NO3. The highest BCUT2D eigenvalue weighted by Crippen LogP contribution is 2.27. The Hall–Kier alpha value is -1.81. The first kappa shape index (κ1) is 15.6. The first-order valence-electron chi connectivity index (χ1n) is 7.52. The summed E-state index contributed by atoms with van der Waals surface area (Å²) in [6, 6.07) is 7.32. The molecule has 0 saturated heterocycles. The Balaban J connectivity index is 2.32. The highest BCUT2D eigenvalue weighted by molar-refractivity contribution is 6.03. The van der Waals surface area contributed by atoms with Crippen molar-refractivity contribution in [1.82, 2.24) is 4.90 Å². The number of aromatic carboxylic acids is 1. The van der Waals surface area contributed by atoms with Crippen molar-refractivity contribution in [3.05, 3.63) is 35.6 Å². The zero-order valence-electron chi connectivity index (χ0n) is 12.9. The van der Waals surface area contributed by atoms with E-state index in [1.165, 1.54) is 0 Å². The zero-order chi connectivity index (χ0) is 15.4. The molecule has 1 aromatic carbocycles. The van der Waals surface area contributed by atoms with Gasteiger partial charge in [-0.2, -0.15) is 0 Å². The number of hydrogen-bond acceptors (Lipinski definition) is 3. The Morgan fingerprint density at radius 3 is 2.67 bits per heavy atom.